The molecule has 0 spiro atoms. The fourth-order valence-corrected chi connectivity index (χ4v) is 1.75. The van der Waals surface area contributed by atoms with Crippen LogP contribution in [0.2, 0.25) is 0 Å². The smallest absolute Gasteiger partial charge is 0.418 e. The number of ether oxygens (including phenoxy) is 1. The molecule has 0 amide bonds. The Hall–Kier alpha value is -2.37. The molecular formula is C14H13F3N2O. The predicted molar refractivity (Wildman–Crippen MR) is 72.1 cm³/mol. The maximum atomic E-state index is 12.7. The molecule has 0 saturated heterocycles. The number of halogens is 3. The van der Waals surface area contributed by atoms with E-state index in [9.17, 15) is 13.2 Å². The van der Waals surface area contributed by atoms with Gasteiger partial charge in [0.15, 0.2) is 0 Å². The van der Waals surface area contributed by atoms with Gasteiger partial charge in [0.1, 0.15) is 5.75 Å². The van der Waals surface area contributed by atoms with Gasteiger partial charge in [0.2, 0.25) is 0 Å². The molecule has 6 heteroatoms. The normalized spacial score (nSPS) is 11.2. The van der Waals surface area contributed by atoms with Gasteiger partial charge in [-0.3, -0.25) is 0 Å². The van der Waals surface area contributed by atoms with E-state index in [4.69, 9.17) is 10.5 Å². The van der Waals surface area contributed by atoms with Crippen molar-refractivity contribution in [2.45, 2.75) is 6.18 Å². The molecule has 2 rings (SSSR count). The number of anilines is 3. The monoisotopic (exact) mass is 282 g/mol. The van der Waals surface area contributed by atoms with Crippen LogP contribution in [0, 0.1) is 0 Å². The third-order valence-electron chi connectivity index (χ3n) is 2.78. The zero-order chi connectivity index (χ0) is 14.8. The van der Waals surface area contributed by atoms with E-state index in [1.54, 1.807) is 24.3 Å². The van der Waals surface area contributed by atoms with Crippen LogP contribution in [0.15, 0.2) is 42.5 Å². The van der Waals surface area contributed by atoms with Crippen molar-refractivity contribution in [2.24, 2.45) is 0 Å². The third kappa shape index (κ3) is 2.96. The maximum absolute atomic E-state index is 12.7. The number of benzene rings is 2. The Morgan fingerprint density at radius 1 is 1.05 bits per heavy atom. The molecule has 0 unspecified atom stereocenters. The first-order valence-electron chi connectivity index (χ1n) is 5.78. The summed E-state index contributed by atoms with van der Waals surface area (Å²) in [4.78, 5) is 0. The molecule has 2 aromatic carbocycles. The molecule has 0 atom stereocenters. The van der Waals surface area contributed by atoms with Crippen LogP contribution in [-0.2, 0) is 6.18 Å². The Morgan fingerprint density at radius 2 is 1.70 bits per heavy atom. The van der Waals surface area contributed by atoms with Crippen molar-refractivity contribution in [1.29, 1.82) is 0 Å². The van der Waals surface area contributed by atoms with Crippen molar-refractivity contribution in [3.8, 4) is 5.75 Å². The van der Waals surface area contributed by atoms with E-state index in [0.717, 1.165) is 6.07 Å². The van der Waals surface area contributed by atoms with Gasteiger partial charge in [-0.05, 0) is 36.4 Å². The predicted octanol–water partition coefficient (Wildman–Crippen LogP) is 4.04. The lowest BCUT2D eigenvalue weighted by molar-refractivity contribution is -0.136. The third-order valence-corrected chi connectivity index (χ3v) is 2.78. The molecule has 3 nitrogen and oxygen atoms in total. The van der Waals surface area contributed by atoms with Gasteiger partial charge in [0, 0.05) is 5.69 Å². The summed E-state index contributed by atoms with van der Waals surface area (Å²) in [6.45, 7) is 0. The molecule has 0 heterocycles. The number of rotatable bonds is 3. The topological polar surface area (TPSA) is 47.3 Å². The largest absolute Gasteiger partial charge is 0.497 e. The summed E-state index contributed by atoms with van der Waals surface area (Å²) in [6, 6.07) is 10.5. The highest BCUT2D eigenvalue weighted by Gasteiger charge is 2.33. The Morgan fingerprint density at radius 3 is 2.25 bits per heavy atom. The fourth-order valence-electron chi connectivity index (χ4n) is 1.75. The van der Waals surface area contributed by atoms with Gasteiger partial charge in [-0.15, -0.1) is 0 Å². The average Bonchev–Trinajstić information content (AvgIpc) is 2.40. The summed E-state index contributed by atoms with van der Waals surface area (Å²) >= 11 is 0. The number of para-hydroxylation sites is 1. The van der Waals surface area contributed by atoms with Crippen molar-refractivity contribution >= 4 is 17.1 Å². The number of hydrogen-bond acceptors (Lipinski definition) is 3. The van der Waals surface area contributed by atoms with E-state index in [2.05, 4.69) is 5.32 Å². The van der Waals surface area contributed by atoms with Gasteiger partial charge in [-0.1, -0.05) is 6.07 Å². The molecule has 0 aliphatic heterocycles. The summed E-state index contributed by atoms with van der Waals surface area (Å²) in [6.07, 6.45) is -4.47. The van der Waals surface area contributed by atoms with E-state index in [-0.39, 0.29) is 11.4 Å². The minimum absolute atomic E-state index is 0.213. The van der Waals surface area contributed by atoms with E-state index < -0.39 is 11.7 Å². The second-order valence-corrected chi connectivity index (χ2v) is 4.12. The number of nitrogens with two attached hydrogens (primary N) is 1. The summed E-state index contributed by atoms with van der Waals surface area (Å²) in [7, 11) is 1.53. The molecule has 0 fully saturated rings. The van der Waals surface area contributed by atoms with E-state index >= 15 is 0 Å². The summed E-state index contributed by atoms with van der Waals surface area (Å²) < 4.78 is 43.2. The summed E-state index contributed by atoms with van der Waals surface area (Å²) in [5, 5.41) is 2.86. The number of nitrogen functional groups attached to an aromatic ring is 1. The quantitative estimate of drug-likeness (QED) is 0.835. The lowest BCUT2D eigenvalue weighted by Gasteiger charge is -2.15. The van der Waals surface area contributed by atoms with Crippen LogP contribution < -0.4 is 15.8 Å². The first-order chi connectivity index (χ1) is 9.41. The zero-order valence-electron chi connectivity index (χ0n) is 10.7. The second-order valence-electron chi connectivity index (χ2n) is 4.12. The molecule has 0 radical (unpaired) electrons. The highest BCUT2D eigenvalue weighted by Crippen LogP contribution is 2.37. The Bertz CT molecular complexity index is 594. The number of hydrogen-bond donors (Lipinski definition) is 2. The molecule has 0 aromatic heterocycles. The Balaban J connectivity index is 2.29. The van der Waals surface area contributed by atoms with Gasteiger partial charge in [0.25, 0.3) is 0 Å². The van der Waals surface area contributed by atoms with Gasteiger partial charge >= 0.3 is 6.18 Å². The molecular weight excluding hydrogens is 269 g/mol. The minimum Gasteiger partial charge on any atom is -0.497 e. The molecule has 0 aliphatic rings. The Labute approximate surface area is 114 Å². The molecule has 3 N–H and O–H groups in total. The van der Waals surface area contributed by atoms with Crippen molar-refractivity contribution in [3.63, 3.8) is 0 Å². The van der Waals surface area contributed by atoms with Crippen LogP contribution in [0.25, 0.3) is 0 Å². The fraction of sp³-hybridized carbons (Fsp3) is 0.143. The zero-order valence-corrected chi connectivity index (χ0v) is 10.7. The summed E-state index contributed by atoms with van der Waals surface area (Å²) in [5.41, 5.74) is 5.23. The average molecular weight is 282 g/mol. The highest BCUT2D eigenvalue weighted by molar-refractivity contribution is 5.75. The SMILES string of the molecule is COc1ccc(Nc2cccc(C(F)(F)F)c2N)cc1. The van der Waals surface area contributed by atoms with Crippen LogP contribution in [-0.4, -0.2) is 7.11 Å². The number of alkyl halides is 3. The van der Waals surface area contributed by atoms with Crippen molar-refractivity contribution in [2.75, 3.05) is 18.2 Å². The van der Waals surface area contributed by atoms with Gasteiger partial charge < -0.3 is 15.8 Å². The first kappa shape index (κ1) is 14.0. The standard InChI is InChI=1S/C14H13F3N2O/c1-20-10-7-5-9(6-8-10)19-12-4-2-3-11(13(12)18)14(15,16)17/h2-8,19H,18H2,1H3. The minimum atomic E-state index is -4.47. The molecule has 0 bridgehead atoms. The lowest BCUT2D eigenvalue weighted by atomic mass is 10.1. The van der Waals surface area contributed by atoms with Crippen LogP contribution >= 0.6 is 0 Å². The van der Waals surface area contributed by atoms with Gasteiger partial charge in [-0.2, -0.15) is 13.2 Å². The van der Waals surface area contributed by atoms with Crippen molar-refractivity contribution in [1.82, 2.24) is 0 Å². The lowest BCUT2D eigenvalue weighted by Crippen LogP contribution is -2.10. The van der Waals surface area contributed by atoms with E-state index in [1.807, 2.05) is 0 Å². The summed E-state index contributed by atoms with van der Waals surface area (Å²) in [5.74, 6) is 0.660. The second kappa shape index (κ2) is 5.32. The maximum Gasteiger partial charge on any atom is 0.418 e. The molecule has 0 saturated carbocycles. The van der Waals surface area contributed by atoms with Crippen molar-refractivity contribution in [3.05, 3.63) is 48.0 Å². The molecule has 20 heavy (non-hydrogen) atoms. The van der Waals surface area contributed by atoms with Crippen LogP contribution in [0.5, 0.6) is 5.75 Å². The van der Waals surface area contributed by atoms with Gasteiger partial charge in [-0.25, -0.2) is 0 Å². The molecule has 2 aromatic rings. The first-order valence-corrected chi connectivity index (χ1v) is 5.78. The van der Waals surface area contributed by atoms with Gasteiger partial charge in [0.05, 0.1) is 24.0 Å². The van der Waals surface area contributed by atoms with Crippen LogP contribution in [0.3, 0.4) is 0 Å². The van der Waals surface area contributed by atoms with E-state index in [0.29, 0.717) is 11.4 Å². The van der Waals surface area contributed by atoms with Crippen molar-refractivity contribution < 1.29 is 17.9 Å². The molecule has 106 valence electrons. The van der Waals surface area contributed by atoms with Crippen LogP contribution in [0.4, 0.5) is 30.2 Å². The highest BCUT2D eigenvalue weighted by atomic mass is 19.4. The number of nitrogens with one attached hydrogen (secondary N) is 1. The Kier molecular flexibility index (Phi) is 3.74. The van der Waals surface area contributed by atoms with Crippen LogP contribution in [0.1, 0.15) is 5.56 Å². The van der Waals surface area contributed by atoms with E-state index in [1.165, 1.54) is 19.2 Å². The molecule has 0 aliphatic carbocycles. The number of methoxy groups -OCH3 is 1.